The van der Waals surface area contributed by atoms with E-state index in [2.05, 4.69) is 20.9 Å². The Kier molecular flexibility index (Phi) is 3.06. The number of carbonyl (C=O) groups excluding carboxylic acids is 1. The third-order valence-corrected chi connectivity index (χ3v) is 3.56. The smallest absolute Gasteiger partial charge is 0.195 e. The number of rotatable bonds is 2. The Morgan fingerprint density at radius 1 is 1.20 bits per heavy atom. The zero-order valence-electron chi connectivity index (χ0n) is 10.3. The van der Waals surface area contributed by atoms with E-state index in [1.54, 1.807) is 6.20 Å². The van der Waals surface area contributed by atoms with Crippen molar-refractivity contribution in [3.05, 3.63) is 64.0 Å². The second-order valence-corrected chi connectivity index (χ2v) is 5.41. The van der Waals surface area contributed by atoms with Crippen molar-refractivity contribution in [1.29, 1.82) is 0 Å². The van der Waals surface area contributed by atoms with Crippen LogP contribution in [0.1, 0.15) is 15.9 Å². The fourth-order valence-electron chi connectivity index (χ4n) is 2.18. The summed E-state index contributed by atoms with van der Waals surface area (Å²) in [5.41, 5.74) is 7.39. The summed E-state index contributed by atoms with van der Waals surface area (Å²) < 4.78 is 14.2. The van der Waals surface area contributed by atoms with E-state index in [1.807, 2.05) is 18.2 Å². The lowest BCUT2D eigenvalue weighted by Gasteiger charge is -2.02. The number of nitrogens with one attached hydrogen (secondary N) is 1. The van der Waals surface area contributed by atoms with E-state index < -0.39 is 5.82 Å². The number of hydrogen-bond donors (Lipinski definition) is 2. The van der Waals surface area contributed by atoms with Gasteiger partial charge in [-0.1, -0.05) is 15.9 Å². The largest absolute Gasteiger partial charge is 0.399 e. The minimum absolute atomic E-state index is 0.231. The molecule has 0 bridgehead atoms. The van der Waals surface area contributed by atoms with Crippen LogP contribution in [0.4, 0.5) is 10.1 Å². The molecule has 2 aromatic carbocycles. The zero-order valence-corrected chi connectivity index (χ0v) is 11.9. The van der Waals surface area contributed by atoms with Gasteiger partial charge in [0.15, 0.2) is 5.78 Å². The van der Waals surface area contributed by atoms with E-state index in [0.29, 0.717) is 5.56 Å². The number of benzene rings is 2. The number of nitrogen functional groups attached to an aromatic ring is 1. The monoisotopic (exact) mass is 332 g/mol. The molecule has 3 aromatic rings. The number of ketones is 1. The molecule has 20 heavy (non-hydrogen) atoms. The Morgan fingerprint density at radius 2 is 2.00 bits per heavy atom. The topological polar surface area (TPSA) is 58.9 Å². The van der Waals surface area contributed by atoms with E-state index in [-0.39, 0.29) is 17.0 Å². The number of H-pyrrole nitrogens is 1. The fraction of sp³-hybridized carbons (Fsp3) is 0. The van der Waals surface area contributed by atoms with Crippen LogP contribution in [-0.4, -0.2) is 10.8 Å². The highest BCUT2D eigenvalue weighted by Gasteiger charge is 2.15. The van der Waals surface area contributed by atoms with E-state index in [9.17, 15) is 9.18 Å². The number of carbonyl (C=O) groups is 1. The third-order valence-electron chi connectivity index (χ3n) is 3.07. The molecule has 1 heterocycles. The Morgan fingerprint density at radius 3 is 2.75 bits per heavy atom. The van der Waals surface area contributed by atoms with Gasteiger partial charge >= 0.3 is 0 Å². The second kappa shape index (κ2) is 4.76. The molecular weight excluding hydrogens is 323 g/mol. The van der Waals surface area contributed by atoms with Crippen molar-refractivity contribution >= 4 is 38.3 Å². The molecule has 3 rings (SSSR count). The van der Waals surface area contributed by atoms with Crippen LogP contribution in [0.15, 0.2) is 47.1 Å². The van der Waals surface area contributed by atoms with Gasteiger partial charge in [0.1, 0.15) is 5.82 Å². The maximum absolute atomic E-state index is 13.4. The lowest BCUT2D eigenvalue weighted by molar-refractivity contribution is 0.104. The maximum atomic E-state index is 13.4. The predicted octanol–water partition coefficient (Wildman–Crippen LogP) is 3.88. The summed E-state index contributed by atoms with van der Waals surface area (Å²) in [6.07, 6.45) is 1.63. The normalized spacial score (nSPS) is 10.9. The fourth-order valence-corrected chi connectivity index (χ4v) is 2.54. The number of hydrogen-bond acceptors (Lipinski definition) is 2. The average molecular weight is 333 g/mol. The molecule has 3 N–H and O–H groups in total. The van der Waals surface area contributed by atoms with Crippen molar-refractivity contribution in [2.45, 2.75) is 0 Å². The lowest BCUT2D eigenvalue weighted by atomic mass is 10.0. The Labute approximate surface area is 122 Å². The molecule has 0 atom stereocenters. The van der Waals surface area contributed by atoms with Crippen LogP contribution >= 0.6 is 15.9 Å². The zero-order chi connectivity index (χ0) is 14.3. The van der Waals surface area contributed by atoms with Gasteiger partial charge in [0.25, 0.3) is 0 Å². The molecule has 5 heteroatoms. The van der Waals surface area contributed by atoms with Crippen LogP contribution in [0, 0.1) is 5.82 Å². The van der Waals surface area contributed by atoms with Crippen LogP contribution in [0.3, 0.4) is 0 Å². The predicted molar refractivity (Wildman–Crippen MR) is 80.2 cm³/mol. The molecule has 0 fully saturated rings. The van der Waals surface area contributed by atoms with E-state index in [1.165, 1.54) is 18.2 Å². The van der Waals surface area contributed by atoms with Crippen molar-refractivity contribution in [1.82, 2.24) is 4.98 Å². The molecule has 1 aromatic heterocycles. The van der Waals surface area contributed by atoms with Crippen LogP contribution in [-0.2, 0) is 0 Å². The Hall–Kier alpha value is -2.14. The van der Waals surface area contributed by atoms with Crippen molar-refractivity contribution in [2.24, 2.45) is 0 Å². The van der Waals surface area contributed by atoms with Crippen LogP contribution in [0.2, 0.25) is 0 Å². The highest BCUT2D eigenvalue weighted by molar-refractivity contribution is 9.10. The van der Waals surface area contributed by atoms with Gasteiger partial charge in [0.2, 0.25) is 0 Å². The first-order chi connectivity index (χ1) is 9.54. The first-order valence-electron chi connectivity index (χ1n) is 5.92. The van der Waals surface area contributed by atoms with Gasteiger partial charge in [-0.15, -0.1) is 0 Å². The number of nitrogens with two attached hydrogens (primary N) is 1. The molecule has 0 aliphatic heterocycles. The molecule has 0 saturated carbocycles. The standard InChI is InChI=1S/C15H10BrFN2O/c16-9-1-2-14-12(5-9)13(7-19-14)15(20)8-3-10(17)6-11(18)4-8/h1-7,19H,18H2. The molecule has 100 valence electrons. The summed E-state index contributed by atoms with van der Waals surface area (Å²) in [4.78, 5) is 15.5. The number of halogens is 2. The van der Waals surface area contributed by atoms with Crippen molar-refractivity contribution < 1.29 is 9.18 Å². The van der Waals surface area contributed by atoms with Gasteiger partial charge in [-0.3, -0.25) is 4.79 Å². The average Bonchev–Trinajstić information content (AvgIpc) is 2.79. The summed E-state index contributed by atoms with van der Waals surface area (Å²) in [5, 5.41) is 0.784. The quantitative estimate of drug-likeness (QED) is 0.552. The van der Waals surface area contributed by atoms with Gasteiger partial charge in [-0.25, -0.2) is 4.39 Å². The molecule has 0 radical (unpaired) electrons. The lowest BCUT2D eigenvalue weighted by Crippen LogP contribution is -2.02. The number of anilines is 1. The van der Waals surface area contributed by atoms with E-state index in [0.717, 1.165) is 15.4 Å². The summed E-state index contributed by atoms with van der Waals surface area (Å²) >= 11 is 3.37. The van der Waals surface area contributed by atoms with Crippen LogP contribution in [0.25, 0.3) is 10.9 Å². The van der Waals surface area contributed by atoms with Gasteiger partial charge in [0, 0.05) is 38.4 Å². The minimum atomic E-state index is -0.519. The summed E-state index contributed by atoms with van der Waals surface area (Å²) in [5.74, 6) is -0.782. The number of aromatic nitrogens is 1. The third kappa shape index (κ3) is 2.20. The summed E-state index contributed by atoms with van der Waals surface area (Å²) in [6.45, 7) is 0. The van der Waals surface area contributed by atoms with Crippen LogP contribution in [0.5, 0.6) is 0 Å². The first-order valence-corrected chi connectivity index (χ1v) is 6.71. The van der Waals surface area contributed by atoms with Gasteiger partial charge in [0.05, 0.1) is 0 Å². The second-order valence-electron chi connectivity index (χ2n) is 4.49. The highest BCUT2D eigenvalue weighted by atomic mass is 79.9. The summed E-state index contributed by atoms with van der Waals surface area (Å²) in [7, 11) is 0. The van der Waals surface area contributed by atoms with Crippen molar-refractivity contribution in [3.8, 4) is 0 Å². The molecular formula is C15H10BrFN2O. The van der Waals surface area contributed by atoms with Crippen molar-refractivity contribution in [3.63, 3.8) is 0 Å². The molecule has 0 saturated heterocycles. The minimum Gasteiger partial charge on any atom is -0.399 e. The highest BCUT2D eigenvalue weighted by Crippen LogP contribution is 2.25. The molecule has 0 unspecified atom stereocenters. The summed E-state index contributed by atoms with van der Waals surface area (Å²) in [6, 6.07) is 9.45. The van der Waals surface area contributed by atoms with Gasteiger partial charge in [-0.05, 0) is 36.4 Å². The van der Waals surface area contributed by atoms with Gasteiger partial charge in [-0.2, -0.15) is 0 Å². The molecule has 3 nitrogen and oxygen atoms in total. The van der Waals surface area contributed by atoms with E-state index >= 15 is 0 Å². The Bertz CT molecular complexity index is 806. The Balaban J connectivity index is 2.15. The van der Waals surface area contributed by atoms with Crippen molar-refractivity contribution in [2.75, 3.05) is 5.73 Å². The SMILES string of the molecule is Nc1cc(F)cc(C(=O)c2c[nH]c3ccc(Br)cc23)c1. The van der Waals surface area contributed by atoms with Gasteiger partial charge < -0.3 is 10.7 Å². The molecule has 0 amide bonds. The molecule has 0 spiro atoms. The van der Waals surface area contributed by atoms with Crippen LogP contribution < -0.4 is 5.73 Å². The van der Waals surface area contributed by atoms with E-state index in [4.69, 9.17) is 5.73 Å². The number of fused-ring (bicyclic) bond motifs is 1. The number of aromatic amines is 1. The first kappa shape index (κ1) is 12.9. The molecule has 0 aliphatic rings. The maximum Gasteiger partial charge on any atom is 0.195 e. The molecule has 0 aliphatic carbocycles.